The molecule has 0 saturated carbocycles. The van der Waals surface area contributed by atoms with Gasteiger partial charge in [-0.1, -0.05) is 19.1 Å². The first-order valence-electron chi connectivity index (χ1n) is 4.84. The first-order valence-corrected chi connectivity index (χ1v) is 4.84. The molecule has 0 aliphatic carbocycles. The van der Waals surface area contributed by atoms with Crippen LogP contribution in [0, 0.1) is 0 Å². The highest BCUT2D eigenvalue weighted by atomic mass is 15.2. The van der Waals surface area contributed by atoms with Crippen LogP contribution in [0.15, 0.2) is 12.2 Å². The van der Waals surface area contributed by atoms with Crippen LogP contribution in [0.4, 0.5) is 0 Å². The van der Waals surface area contributed by atoms with Gasteiger partial charge in [0, 0.05) is 32.2 Å². The molecule has 1 N–H and O–H groups in total. The lowest BCUT2D eigenvalue weighted by molar-refractivity contribution is 0.221. The van der Waals surface area contributed by atoms with Crippen LogP contribution in [0.25, 0.3) is 0 Å². The Bertz CT molecular complexity index is 154. The van der Waals surface area contributed by atoms with E-state index in [1.165, 1.54) is 18.7 Å². The molecular weight excluding hydrogens is 148 g/mol. The predicted molar refractivity (Wildman–Crippen MR) is 53.3 cm³/mol. The van der Waals surface area contributed by atoms with Crippen molar-refractivity contribution in [3.8, 4) is 0 Å². The minimum Gasteiger partial charge on any atom is -0.312 e. The fourth-order valence-corrected chi connectivity index (χ4v) is 1.58. The van der Waals surface area contributed by atoms with Gasteiger partial charge in [-0.25, -0.2) is 0 Å². The molecule has 1 rings (SSSR count). The Labute approximate surface area is 75.6 Å². The van der Waals surface area contributed by atoms with E-state index in [9.17, 15) is 0 Å². The number of nitrogens with one attached hydrogen (secondary N) is 1. The van der Waals surface area contributed by atoms with E-state index < -0.39 is 0 Å². The Balaban J connectivity index is 2.27. The molecular formula is C10H20N2. The maximum Gasteiger partial charge on any atom is 0.0191 e. The van der Waals surface area contributed by atoms with Crippen LogP contribution in [0.5, 0.6) is 0 Å². The van der Waals surface area contributed by atoms with Crippen molar-refractivity contribution in [2.75, 3.05) is 26.2 Å². The molecule has 1 fully saturated rings. The number of hydrogen-bond acceptors (Lipinski definition) is 2. The largest absolute Gasteiger partial charge is 0.312 e. The van der Waals surface area contributed by atoms with Crippen molar-refractivity contribution in [1.29, 1.82) is 0 Å². The summed E-state index contributed by atoms with van der Waals surface area (Å²) in [5.41, 5.74) is 1.35. The monoisotopic (exact) mass is 168 g/mol. The maximum atomic E-state index is 4.03. The van der Waals surface area contributed by atoms with Crippen LogP contribution < -0.4 is 5.32 Å². The normalized spacial score (nSPS) is 25.7. The summed E-state index contributed by atoms with van der Waals surface area (Å²) in [4.78, 5) is 2.48. The summed E-state index contributed by atoms with van der Waals surface area (Å²) in [6.45, 7) is 13.0. The molecule has 12 heavy (non-hydrogen) atoms. The third-order valence-electron chi connectivity index (χ3n) is 2.40. The highest BCUT2D eigenvalue weighted by Gasteiger charge is 2.14. The second-order valence-electron chi connectivity index (χ2n) is 3.69. The number of nitrogens with zero attached hydrogens (tertiary/aromatic N) is 1. The van der Waals surface area contributed by atoms with Crippen molar-refractivity contribution in [3.05, 3.63) is 12.2 Å². The van der Waals surface area contributed by atoms with E-state index >= 15 is 0 Å². The summed E-state index contributed by atoms with van der Waals surface area (Å²) < 4.78 is 0. The van der Waals surface area contributed by atoms with Crippen molar-refractivity contribution in [2.45, 2.75) is 26.3 Å². The molecule has 0 radical (unpaired) electrons. The maximum absolute atomic E-state index is 4.03. The molecule has 1 saturated heterocycles. The smallest absolute Gasteiger partial charge is 0.0191 e. The molecule has 2 heteroatoms. The number of rotatable bonds is 3. The number of hydrogen-bond donors (Lipinski definition) is 1. The molecule has 0 aromatic heterocycles. The first-order chi connectivity index (χ1) is 5.72. The van der Waals surface area contributed by atoms with Crippen LogP contribution in [-0.2, 0) is 0 Å². The topological polar surface area (TPSA) is 15.3 Å². The minimum atomic E-state index is 0.642. The molecule has 1 aliphatic heterocycles. The molecule has 0 aromatic carbocycles. The lowest BCUT2D eigenvalue weighted by atomic mass is 10.2. The molecule has 0 bridgehead atoms. The fraction of sp³-hybridized carbons (Fsp3) is 0.800. The van der Waals surface area contributed by atoms with Crippen molar-refractivity contribution in [1.82, 2.24) is 10.2 Å². The molecule has 1 aliphatic rings. The van der Waals surface area contributed by atoms with Gasteiger partial charge in [0.25, 0.3) is 0 Å². The van der Waals surface area contributed by atoms with Crippen LogP contribution >= 0.6 is 0 Å². The third-order valence-corrected chi connectivity index (χ3v) is 2.40. The van der Waals surface area contributed by atoms with Gasteiger partial charge in [-0.15, -0.1) is 0 Å². The second kappa shape index (κ2) is 4.63. The Morgan fingerprint density at radius 2 is 2.42 bits per heavy atom. The van der Waals surface area contributed by atoms with Gasteiger partial charge in [0.15, 0.2) is 0 Å². The molecule has 0 spiro atoms. The lowest BCUT2D eigenvalue weighted by Gasteiger charge is -2.32. The minimum absolute atomic E-state index is 0.642. The standard InChI is InChI=1S/C10H20N2/c1-4-9(2)7-12-6-5-11-10(3)8-12/h10-11H,2,4-8H2,1,3H3/t10-/m0/s1. The second-order valence-corrected chi connectivity index (χ2v) is 3.69. The van der Waals surface area contributed by atoms with Crippen LogP contribution in [-0.4, -0.2) is 37.1 Å². The fourth-order valence-electron chi connectivity index (χ4n) is 1.58. The van der Waals surface area contributed by atoms with E-state index in [-0.39, 0.29) is 0 Å². The highest BCUT2D eigenvalue weighted by molar-refractivity contribution is 4.97. The van der Waals surface area contributed by atoms with Gasteiger partial charge in [-0.2, -0.15) is 0 Å². The summed E-state index contributed by atoms with van der Waals surface area (Å²) >= 11 is 0. The zero-order valence-electron chi connectivity index (χ0n) is 8.27. The van der Waals surface area contributed by atoms with Gasteiger partial charge in [0.05, 0.1) is 0 Å². The quantitative estimate of drug-likeness (QED) is 0.638. The Kier molecular flexibility index (Phi) is 3.76. The van der Waals surface area contributed by atoms with Crippen LogP contribution in [0.3, 0.4) is 0 Å². The van der Waals surface area contributed by atoms with Crippen molar-refractivity contribution in [3.63, 3.8) is 0 Å². The molecule has 0 unspecified atom stereocenters. The van der Waals surface area contributed by atoms with Crippen molar-refractivity contribution in [2.24, 2.45) is 0 Å². The van der Waals surface area contributed by atoms with E-state index in [0.29, 0.717) is 6.04 Å². The Hall–Kier alpha value is -0.340. The Morgan fingerprint density at radius 3 is 3.00 bits per heavy atom. The summed E-state index contributed by atoms with van der Waals surface area (Å²) in [6.07, 6.45) is 1.11. The van der Waals surface area contributed by atoms with Crippen molar-refractivity contribution < 1.29 is 0 Å². The Morgan fingerprint density at radius 1 is 1.67 bits per heavy atom. The molecule has 0 aromatic rings. The highest BCUT2D eigenvalue weighted by Crippen LogP contribution is 2.04. The van der Waals surface area contributed by atoms with E-state index in [0.717, 1.165) is 19.5 Å². The molecule has 1 atom stereocenters. The molecule has 70 valence electrons. The van der Waals surface area contributed by atoms with Gasteiger partial charge in [-0.3, -0.25) is 4.90 Å². The summed E-state index contributed by atoms with van der Waals surface area (Å²) in [6, 6.07) is 0.642. The first kappa shape index (κ1) is 9.75. The van der Waals surface area contributed by atoms with E-state index in [1.54, 1.807) is 0 Å². The van der Waals surface area contributed by atoms with Gasteiger partial charge >= 0.3 is 0 Å². The molecule has 1 heterocycles. The summed E-state index contributed by atoms with van der Waals surface area (Å²) in [5, 5.41) is 3.43. The van der Waals surface area contributed by atoms with E-state index in [1.807, 2.05) is 0 Å². The van der Waals surface area contributed by atoms with Crippen LogP contribution in [0.1, 0.15) is 20.3 Å². The molecule has 2 nitrogen and oxygen atoms in total. The van der Waals surface area contributed by atoms with Crippen LogP contribution in [0.2, 0.25) is 0 Å². The average Bonchev–Trinajstić information content (AvgIpc) is 2.04. The van der Waals surface area contributed by atoms with E-state index in [4.69, 9.17) is 0 Å². The third kappa shape index (κ3) is 2.95. The van der Waals surface area contributed by atoms with E-state index in [2.05, 4.69) is 30.6 Å². The SMILES string of the molecule is C=C(CC)CN1CCN[C@@H](C)C1. The zero-order chi connectivity index (χ0) is 8.97. The van der Waals surface area contributed by atoms with Gasteiger partial charge in [0.2, 0.25) is 0 Å². The summed E-state index contributed by atoms with van der Waals surface area (Å²) in [7, 11) is 0. The number of piperazine rings is 1. The van der Waals surface area contributed by atoms with Gasteiger partial charge in [0.1, 0.15) is 0 Å². The van der Waals surface area contributed by atoms with Crippen molar-refractivity contribution >= 4 is 0 Å². The summed E-state index contributed by atoms with van der Waals surface area (Å²) in [5.74, 6) is 0. The lowest BCUT2D eigenvalue weighted by Crippen LogP contribution is -2.49. The molecule has 0 amide bonds. The zero-order valence-corrected chi connectivity index (χ0v) is 8.27. The van der Waals surface area contributed by atoms with Gasteiger partial charge in [-0.05, 0) is 13.3 Å². The average molecular weight is 168 g/mol. The van der Waals surface area contributed by atoms with Gasteiger partial charge < -0.3 is 5.32 Å². The predicted octanol–water partition coefficient (Wildman–Crippen LogP) is 1.25.